The van der Waals surface area contributed by atoms with Crippen molar-refractivity contribution in [2.75, 3.05) is 4.90 Å². The maximum Gasteiger partial charge on any atom is 0.256 e. The Labute approximate surface area is 710 Å². The van der Waals surface area contributed by atoms with Crippen LogP contribution >= 0.6 is 0 Å². The van der Waals surface area contributed by atoms with Gasteiger partial charge in [-0.3, -0.25) is 0 Å². The van der Waals surface area contributed by atoms with Gasteiger partial charge in [-0.05, 0) is 244 Å². The van der Waals surface area contributed by atoms with Gasteiger partial charge in [0.2, 0.25) is 0 Å². The van der Waals surface area contributed by atoms with Gasteiger partial charge in [0.05, 0.1) is 22.4 Å². The first-order chi connectivity index (χ1) is 55.6. The van der Waals surface area contributed by atoms with Gasteiger partial charge in [0.1, 0.15) is 17.1 Å². The predicted molar refractivity (Wildman–Crippen MR) is 515 cm³/mol. The lowest BCUT2D eigenvalue weighted by atomic mass is 9.33. The Morgan fingerprint density at radius 3 is 1.12 bits per heavy atom. The molecule has 0 radical (unpaired) electrons. The summed E-state index contributed by atoms with van der Waals surface area (Å²) in [7, 11) is 0. The Bertz CT molecular complexity index is 6380. The molecule has 0 aliphatic carbocycles. The van der Waals surface area contributed by atoms with E-state index in [9.17, 15) is 0 Å². The molecule has 4 nitrogen and oxygen atoms in total. The number of para-hydroxylation sites is 1. The lowest BCUT2D eigenvalue weighted by Crippen LogP contribution is -2.59. The summed E-state index contributed by atoms with van der Waals surface area (Å²) in [6.07, 6.45) is 0. The maximum atomic E-state index is 8.43. The first-order valence-corrected chi connectivity index (χ1v) is 43.5. The molecule has 2 aromatic heterocycles. The largest absolute Gasteiger partial charge is 0.458 e. The Hall–Kier alpha value is -10.9. The quantitative estimate of drug-likeness (QED) is 0.142. The third-order valence-electron chi connectivity index (χ3n) is 25.7. The van der Waals surface area contributed by atoms with Crippen LogP contribution in [-0.2, 0) is 48.7 Å². The highest BCUT2D eigenvalue weighted by atomic mass is 16.5. The number of nitrogens with zero attached hydrogens (tertiary/aromatic N) is 2. The molecule has 2 aliphatic heterocycles. The molecule has 5 heteroatoms. The van der Waals surface area contributed by atoms with Crippen LogP contribution in [0.25, 0.3) is 116 Å². The molecular formula is C114H121BN2O2. The Balaban J connectivity index is 1.07. The lowest BCUT2D eigenvalue weighted by molar-refractivity contribution is 0.489. The summed E-state index contributed by atoms with van der Waals surface area (Å²) in [6, 6.07) is 95.0. The van der Waals surface area contributed by atoms with Gasteiger partial charge in [0.25, 0.3) is 6.71 Å². The zero-order valence-corrected chi connectivity index (χ0v) is 75.9. The van der Waals surface area contributed by atoms with E-state index in [0.717, 1.165) is 134 Å². The number of benzene rings is 13. The molecule has 13 aromatic carbocycles. The molecule has 0 fully saturated rings. The van der Waals surface area contributed by atoms with Crippen molar-refractivity contribution in [2.45, 2.75) is 236 Å². The second kappa shape index (κ2) is 27.9. The van der Waals surface area contributed by atoms with Crippen LogP contribution in [0.2, 0.25) is 0 Å². The van der Waals surface area contributed by atoms with Crippen LogP contribution in [-0.4, -0.2) is 11.3 Å². The second-order valence-corrected chi connectivity index (χ2v) is 44.1. The molecule has 15 aromatic rings. The van der Waals surface area contributed by atoms with Crippen LogP contribution in [0.1, 0.15) is 237 Å². The molecule has 119 heavy (non-hydrogen) atoms. The summed E-state index contributed by atoms with van der Waals surface area (Å²) in [5, 5.41) is 4.54. The minimum absolute atomic E-state index is 0.0883. The number of furan rings is 1. The third-order valence-corrected chi connectivity index (χ3v) is 25.7. The van der Waals surface area contributed by atoms with Crippen LogP contribution in [0.4, 0.5) is 17.1 Å². The molecule has 2 aliphatic rings. The van der Waals surface area contributed by atoms with E-state index in [4.69, 9.17) is 9.15 Å². The van der Waals surface area contributed by atoms with E-state index in [1.807, 2.05) is 0 Å². The summed E-state index contributed by atoms with van der Waals surface area (Å²) >= 11 is 0. The molecule has 0 saturated heterocycles. The Morgan fingerprint density at radius 2 is 0.647 bits per heavy atom. The summed E-state index contributed by atoms with van der Waals surface area (Å²) in [6.45, 7) is 63.2. The van der Waals surface area contributed by atoms with Crippen molar-refractivity contribution in [3.05, 3.63) is 293 Å². The summed E-state index contributed by atoms with van der Waals surface area (Å²) < 4.78 is 18.3. The van der Waals surface area contributed by atoms with E-state index in [1.165, 1.54) is 77.4 Å². The van der Waals surface area contributed by atoms with Gasteiger partial charge < -0.3 is 18.6 Å². The van der Waals surface area contributed by atoms with Crippen molar-refractivity contribution in [3.63, 3.8) is 0 Å². The fraction of sp³-hybridized carbons (Fsp3) is 0.316. The van der Waals surface area contributed by atoms with Gasteiger partial charge in [0.15, 0.2) is 5.58 Å². The van der Waals surface area contributed by atoms with Crippen molar-refractivity contribution in [1.29, 1.82) is 0 Å². The van der Waals surface area contributed by atoms with Crippen molar-refractivity contribution < 1.29 is 9.15 Å². The smallest absolute Gasteiger partial charge is 0.256 e. The van der Waals surface area contributed by atoms with E-state index >= 15 is 0 Å². The SMILES string of the molecule is CC(C)(C)c1cc(-c2cc3c(c(-c4cc(C(C)(C)C)cc(C(C)(C)C)c4)c2)Oc2cc(-c4cc(-n5c6ccc(C(C)(C)C)cc6c6cc(C(C)(C)C)ccc65)c5oc6ccccc6c5c4)cc4c2B3c2ccc(-c3cc(C(C)(C)C)cc(C(C)(C)C)c3)cc2N4c2c(-c3ccccc3)cc(C(C)(C)C)cc2-c2ccccc2)cc(C(C)(C)C)c1. The number of rotatable bonds is 8. The van der Waals surface area contributed by atoms with Crippen molar-refractivity contribution in [2.24, 2.45) is 0 Å². The first-order valence-electron chi connectivity index (χ1n) is 43.5. The minimum Gasteiger partial charge on any atom is -0.458 e. The van der Waals surface area contributed by atoms with Gasteiger partial charge in [-0.1, -0.05) is 351 Å². The van der Waals surface area contributed by atoms with Crippen molar-refractivity contribution >= 4 is 83.9 Å². The molecule has 4 heterocycles. The number of aromatic nitrogens is 1. The predicted octanol–water partition coefficient (Wildman–Crippen LogP) is 30.8. The van der Waals surface area contributed by atoms with E-state index in [2.05, 4.69) is 439 Å². The van der Waals surface area contributed by atoms with E-state index in [1.54, 1.807) is 0 Å². The normalized spacial score (nSPS) is 13.7. The number of ether oxygens (including phenoxy) is 1. The maximum absolute atomic E-state index is 8.43. The molecular weight excluding hydrogens is 1440 g/mol. The molecule has 0 spiro atoms. The highest BCUT2D eigenvalue weighted by Gasteiger charge is 2.46. The average molecular weight is 1560 g/mol. The molecule has 0 saturated carbocycles. The van der Waals surface area contributed by atoms with Crippen LogP contribution in [0.3, 0.4) is 0 Å². The van der Waals surface area contributed by atoms with Crippen LogP contribution < -0.4 is 26.0 Å². The van der Waals surface area contributed by atoms with E-state index in [-0.39, 0.29) is 55.4 Å². The molecule has 0 amide bonds. The monoisotopic (exact) mass is 1560 g/mol. The average Bonchev–Trinajstić information content (AvgIpc) is 1.53. The van der Waals surface area contributed by atoms with Gasteiger partial charge in [-0.25, -0.2) is 0 Å². The van der Waals surface area contributed by atoms with Crippen molar-refractivity contribution in [1.82, 2.24) is 4.57 Å². The van der Waals surface area contributed by atoms with Gasteiger partial charge in [0, 0.05) is 49.6 Å². The van der Waals surface area contributed by atoms with Gasteiger partial charge in [-0.2, -0.15) is 0 Å². The van der Waals surface area contributed by atoms with Crippen LogP contribution in [0.15, 0.2) is 247 Å². The summed E-state index contributed by atoms with van der Waals surface area (Å²) in [5.41, 5.74) is 35.5. The fourth-order valence-electron chi connectivity index (χ4n) is 18.1. The topological polar surface area (TPSA) is 30.5 Å². The Morgan fingerprint density at radius 1 is 0.252 bits per heavy atom. The highest BCUT2D eigenvalue weighted by Crippen LogP contribution is 2.55. The van der Waals surface area contributed by atoms with Crippen molar-refractivity contribution in [3.8, 4) is 83.9 Å². The van der Waals surface area contributed by atoms with Crippen LogP contribution in [0.5, 0.6) is 11.5 Å². The van der Waals surface area contributed by atoms with E-state index in [0.29, 0.717) is 0 Å². The number of fused-ring (bicyclic) bond motifs is 10. The third kappa shape index (κ3) is 14.6. The molecule has 0 unspecified atom stereocenters. The number of hydrogen-bond donors (Lipinski definition) is 0. The van der Waals surface area contributed by atoms with Gasteiger partial charge in [-0.15, -0.1) is 0 Å². The zero-order valence-electron chi connectivity index (χ0n) is 75.9. The number of hydrogen-bond acceptors (Lipinski definition) is 3. The molecule has 0 atom stereocenters. The minimum atomic E-state index is -0.345. The second-order valence-electron chi connectivity index (χ2n) is 44.1. The molecule has 0 bridgehead atoms. The fourth-order valence-corrected chi connectivity index (χ4v) is 18.1. The zero-order chi connectivity index (χ0) is 84.9. The summed E-state index contributed by atoms with van der Waals surface area (Å²) in [4.78, 5) is 2.70. The Kier molecular flexibility index (Phi) is 18.9. The summed E-state index contributed by atoms with van der Waals surface area (Å²) in [5.74, 6) is 1.69. The standard InChI is InChI=1S/C114H121BN2O2/c1-106(2,3)77-43-46-95-90(64-77)91-65-78(107(4,5)6)44-47-96(91)116(95)99-59-74(55-92-86-40-34-35-41-100(86)118-105(92)99)75-58-98-102-101(60-75)119-104-89(76-52-83(112(19,20)21)63-84(53-76)113(22,23)24)54-73(72-50-81(110(13,14)15)62-82(51-72)111(16,17)18)56-94(104)115(102)93-45-42-70(71-48-79(108(7,8)9)61-80(49-71)109(10,11)12)57-97(93)117(98)103-87(68-36-30-28-31-37-68)66-85(114(25,26)27)67-88(103)69-38-32-29-33-39-69/h28-67H,1-27H3. The first kappa shape index (κ1) is 80.5. The van der Waals surface area contributed by atoms with Crippen LogP contribution in [0, 0.1) is 0 Å². The number of anilines is 3. The van der Waals surface area contributed by atoms with E-state index < -0.39 is 0 Å². The lowest BCUT2D eigenvalue weighted by Gasteiger charge is -2.43. The van der Waals surface area contributed by atoms with Gasteiger partial charge >= 0.3 is 0 Å². The highest BCUT2D eigenvalue weighted by molar-refractivity contribution is 6.99. The molecule has 17 rings (SSSR count). The molecule has 0 N–H and O–H groups in total. The molecule has 602 valence electrons.